The molecular weight excluding hydrogens is 383 g/mol. The Morgan fingerprint density at radius 1 is 1.32 bits per heavy atom. The van der Waals surface area contributed by atoms with Crippen molar-refractivity contribution in [1.29, 1.82) is 0 Å². The lowest BCUT2D eigenvalue weighted by atomic mass is 9.82. The van der Waals surface area contributed by atoms with E-state index >= 15 is 0 Å². The fraction of sp³-hybridized carbons (Fsp3) is 0.188. The summed E-state index contributed by atoms with van der Waals surface area (Å²) in [6, 6.07) is 5.12. The normalized spacial score (nSPS) is 16.2. The number of halogens is 2. The fourth-order valence-corrected chi connectivity index (χ4v) is 3.77. The van der Waals surface area contributed by atoms with Crippen LogP contribution in [0.25, 0.3) is 0 Å². The quantitative estimate of drug-likeness (QED) is 0.523. The van der Waals surface area contributed by atoms with Crippen LogP contribution in [-0.4, -0.2) is 23.0 Å². The van der Waals surface area contributed by atoms with Gasteiger partial charge in [0.2, 0.25) is 0 Å². The standard InChI is InChI=1S/C16H14Cl2N4O2S/c1-6-9(15(23)24-2)11(10-7(17)4-3-5-8(10)18)12-13(19)21-16(25)22-14(12)20-6/h3-5,11H,1-2H3,(H4,19,20,21,22,25). The first-order chi connectivity index (χ1) is 11.8. The van der Waals surface area contributed by atoms with Gasteiger partial charge in [0, 0.05) is 26.9 Å². The average Bonchev–Trinajstić information content (AvgIpc) is 2.53. The molecule has 25 heavy (non-hydrogen) atoms. The first-order valence-electron chi connectivity index (χ1n) is 7.24. The lowest BCUT2D eigenvalue weighted by molar-refractivity contribution is -0.136. The summed E-state index contributed by atoms with van der Waals surface area (Å²) in [6.07, 6.45) is 0. The molecule has 2 aromatic rings. The zero-order valence-corrected chi connectivity index (χ0v) is 15.6. The molecule has 1 aromatic carbocycles. The highest BCUT2D eigenvalue weighted by atomic mass is 35.5. The molecule has 1 aliphatic heterocycles. The second kappa shape index (κ2) is 6.67. The van der Waals surface area contributed by atoms with Crippen molar-refractivity contribution < 1.29 is 9.53 Å². The van der Waals surface area contributed by atoms with Crippen LogP contribution in [0.4, 0.5) is 11.6 Å². The second-order valence-corrected chi connectivity index (χ2v) is 6.64. The number of methoxy groups -OCH3 is 1. The van der Waals surface area contributed by atoms with Gasteiger partial charge in [-0.2, -0.15) is 0 Å². The van der Waals surface area contributed by atoms with Crippen LogP contribution in [0.15, 0.2) is 29.5 Å². The minimum Gasteiger partial charge on any atom is -0.466 e. The average molecular weight is 397 g/mol. The van der Waals surface area contributed by atoms with Crippen LogP contribution >= 0.6 is 35.4 Å². The van der Waals surface area contributed by atoms with Gasteiger partial charge >= 0.3 is 5.97 Å². The van der Waals surface area contributed by atoms with Gasteiger partial charge in [-0.3, -0.25) is 0 Å². The molecule has 0 saturated carbocycles. The number of esters is 1. The molecular formula is C16H14Cl2N4O2S. The van der Waals surface area contributed by atoms with Crippen molar-refractivity contribution in [2.75, 3.05) is 18.2 Å². The minimum atomic E-state index is -0.649. The van der Waals surface area contributed by atoms with Gasteiger partial charge in [-0.15, -0.1) is 0 Å². The Morgan fingerprint density at radius 3 is 2.56 bits per heavy atom. The Hall–Kier alpha value is -2.09. The van der Waals surface area contributed by atoms with E-state index in [1.165, 1.54) is 7.11 Å². The van der Waals surface area contributed by atoms with Crippen molar-refractivity contribution in [1.82, 2.24) is 9.97 Å². The van der Waals surface area contributed by atoms with Crippen LogP contribution in [0, 0.1) is 4.77 Å². The monoisotopic (exact) mass is 396 g/mol. The van der Waals surface area contributed by atoms with Gasteiger partial charge in [-0.05, 0) is 31.3 Å². The molecule has 0 bridgehead atoms. The summed E-state index contributed by atoms with van der Waals surface area (Å²) in [5.41, 5.74) is 8.16. The van der Waals surface area contributed by atoms with E-state index in [1.54, 1.807) is 25.1 Å². The zero-order chi connectivity index (χ0) is 18.3. The van der Waals surface area contributed by atoms with E-state index in [4.69, 9.17) is 45.9 Å². The molecule has 0 fully saturated rings. The van der Waals surface area contributed by atoms with Crippen LogP contribution in [0.3, 0.4) is 0 Å². The molecule has 0 amide bonds. The van der Waals surface area contributed by atoms with Crippen molar-refractivity contribution in [2.45, 2.75) is 12.8 Å². The Kier molecular flexibility index (Phi) is 4.73. The highest BCUT2D eigenvalue weighted by molar-refractivity contribution is 7.71. The number of ether oxygens (including phenoxy) is 1. The minimum absolute atomic E-state index is 0.224. The summed E-state index contributed by atoms with van der Waals surface area (Å²) in [7, 11) is 1.31. The lowest BCUT2D eigenvalue weighted by Crippen LogP contribution is -2.26. The van der Waals surface area contributed by atoms with E-state index in [9.17, 15) is 4.79 Å². The summed E-state index contributed by atoms with van der Waals surface area (Å²) in [4.78, 5) is 19.6. The highest BCUT2D eigenvalue weighted by Gasteiger charge is 2.37. The molecule has 0 radical (unpaired) electrons. The molecule has 4 N–H and O–H groups in total. The molecule has 2 heterocycles. The van der Waals surface area contributed by atoms with E-state index in [0.717, 1.165) is 0 Å². The molecule has 0 aliphatic carbocycles. The first kappa shape index (κ1) is 17.7. The maximum Gasteiger partial charge on any atom is 0.336 e. The molecule has 0 spiro atoms. The Bertz CT molecular complexity index is 951. The largest absolute Gasteiger partial charge is 0.466 e. The van der Waals surface area contributed by atoms with Gasteiger partial charge in [0.1, 0.15) is 11.6 Å². The highest BCUT2D eigenvalue weighted by Crippen LogP contribution is 2.47. The van der Waals surface area contributed by atoms with E-state index in [2.05, 4.69) is 15.3 Å². The number of carbonyl (C=O) groups excluding carboxylic acids is 1. The smallest absolute Gasteiger partial charge is 0.336 e. The summed E-state index contributed by atoms with van der Waals surface area (Å²) in [6.45, 7) is 1.74. The number of rotatable bonds is 2. The van der Waals surface area contributed by atoms with Crippen LogP contribution in [0.5, 0.6) is 0 Å². The van der Waals surface area contributed by atoms with Gasteiger partial charge in [0.15, 0.2) is 4.77 Å². The summed E-state index contributed by atoms with van der Waals surface area (Å²) in [5, 5.41) is 3.87. The number of nitrogen functional groups attached to an aromatic ring is 1. The molecule has 1 aromatic heterocycles. The molecule has 1 atom stereocenters. The van der Waals surface area contributed by atoms with E-state index in [1.807, 2.05) is 0 Å². The van der Waals surface area contributed by atoms with Gasteiger partial charge in [0.25, 0.3) is 0 Å². The van der Waals surface area contributed by atoms with Crippen molar-refractivity contribution in [3.63, 3.8) is 0 Å². The number of anilines is 2. The number of allylic oxidation sites excluding steroid dienone is 1. The van der Waals surface area contributed by atoms with E-state index < -0.39 is 11.9 Å². The van der Waals surface area contributed by atoms with Gasteiger partial charge in [-0.1, -0.05) is 29.3 Å². The summed E-state index contributed by atoms with van der Waals surface area (Å²) in [5.74, 6) is -0.437. The van der Waals surface area contributed by atoms with Gasteiger partial charge in [-0.25, -0.2) is 9.78 Å². The van der Waals surface area contributed by atoms with E-state index in [-0.39, 0.29) is 10.6 Å². The topological polar surface area (TPSA) is 93.0 Å². The summed E-state index contributed by atoms with van der Waals surface area (Å²) >= 11 is 17.9. The third-order valence-electron chi connectivity index (χ3n) is 3.98. The number of H-pyrrole nitrogens is 1. The number of hydrogen-bond acceptors (Lipinski definition) is 6. The molecule has 130 valence electrons. The number of nitrogens with two attached hydrogens (primary N) is 1. The maximum absolute atomic E-state index is 12.5. The first-order valence-corrected chi connectivity index (χ1v) is 8.41. The molecule has 6 nitrogen and oxygen atoms in total. The van der Waals surface area contributed by atoms with Crippen LogP contribution < -0.4 is 11.1 Å². The van der Waals surface area contributed by atoms with Crippen molar-refractivity contribution in [2.24, 2.45) is 0 Å². The number of nitrogens with zero attached hydrogens (tertiary/aromatic N) is 1. The number of carbonyl (C=O) groups is 1. The van der Waals surface area contributed by atoms with Crippen molar-refractivity contribution >= 4 is 53.0 Å². The van der Waals surface area contributed by atoms with Crippen LogP contribution in [-0.2, 0) is 9.53 Å². The second-order valence-electron chi connectivity index (χ2n) is 5.44. The molecule has 0 saturated heterocycles. The van der Waals surface area contributed by atoms with Crippen molar-refractivity contribution in [3.05, 3.63) is 55.4 Å². The van der Waals surface area contributed by atoms with Crippen LogP contribution in [0.2, 0.25) is 10.0 Å². The predicted octanol–water partition coefficient (Wildman–Crippen LogP) is 4.03. The maximum atomic E-state index is 12.5. The lowest BCUT2D eigenvalue weighted by Gasteiger charge is -2.30. The predicted molar refractivity (Wildman–Crippen MR) is 100 cm³/mol. The third kappa shape index (κ3) is 2.99. The van der Waals surface area contributed by atoms with Crippen LogP contribution in [0.1, 0.15) is 24.0 Å². The number of aromatic nitrogens is 2. The molecule has 1 aliphatic rings. The number of aromatic amines is 1. The van der Waals surface area contributed by atoms with Gasteiger partial charge in [0.05, 0.1) is 18.6 Å². The number of benzene rings is 1. The Balaban J connectivity index is 2.39. The van der Waals surface area contributed by atoms with Gasteiger partial charge < -0.3 is 20.8 Å². The number of hydrogen-bond donors (Lipinski definition) is 3. The van der Waals surface area contributed by atoms with Crippen molar-refractivity contribution in [3.8, 4) is 0 Å². The SMILES string of the molecule is COC(=O)C1=C(C)Nc2nc(=S)[nH]c(N)c2C1c1c(Cl)cccc1Cl. The fourth-order valence-electron chi connectivity index (χ4n) is 2.95. The number of nitrogens with one attached hydrogen (secondary N) is 2. The number of fused-ring (bicyclic) bond motifs is 1. The summed E-state index contributed by atoms with van der Waals surface area (Å²) < 4.78 is 5.18. The molecule has 9 heteroatoms. The molecule has 3 rings (SSSR count). The van der Waals surface area contributed by atoms with E-state index in [0.29, 0.717) is 38.3 Å². The Labute approximate surface area is 159 Å². The molecule has 1 unspecified atom stereocenters. The third-order valence-corrected chi connectivity index (χ3v) is 4.83. The zero-order valence-electron chi connectivity index (χ0n) is 13.3. The Morgan fingerprint density at radius 2 is 1.96 bits per heavy atom.